The van der Waals surface area contributed by atoms with Gasteiger partial charge in [0.1, 0.15) is 0 Å². The summed E-state index contributed by atoms with van der Waals surface area (Å²) in [5, 5.41) is 3.67. The van der Waals surface area contributed by atoms with Crippen LogP contribution in [0.25, 0.3) is 0 Å². The Morgan fingerprint density at radius 2 is 1.71 bits per heavy atom. The molecule has 1 saturated carbocycles. The van der Waals surface area contributed by atoms with E-state index >= 15 is 0 Å². The number of ether oxygens (including phenoxy) is 1. The van der Waals surface area contributed by atoms with Crippen molar-refractivity contribution in [2.45, 2.75) is 50.7 Å². The Balaban J connectivity index is 1.30. The van der Waals surface area contributed by atoms with Gasteiger partial charge >= 0.3 is 0 Å². The number of anilines is 1. The lowest BCUT2D eigenvalue weighted by atomic mass is 10.0. The van der Waals surface area contributed by atoms with Crippen LogP contribution in [0.5, 0.6) is 0 Å². The van der Waals surface area contributed by atoms with Gasteiger partial charge in [-0.1, -0.05) is 31.0 Å². The van der Waals surface area contributed by atoms with Crippen molar-refractivity contribution in [2.24, 2.45) is 0 Å². The molecule has 0 bridgehead atoms. The molecule has 1 aromatic rings. The van der Waals surface area contributed by atoms with Crippen molar-refractivity contribution in [3.63, 3.8) is 0 Å². The maximum absolute atomic E-state index is 5.91. The summed E-state index contributed by atoms with van der Waals surface area (Å²) in [6.07, 6.45) is 8.28. The van der Waals surface area contributed by atoms with Crippen LogP contribution in [0.15, 0.2) is 30.3 Å². The Hall–Kier alpha value is -1.06. The predicted molar refractivity (Wildman–Crippen MR) is 87.9 cm³/mol. The monoisotopic (exact) mass is 288 g/mol. The van der Waals surface area contributed by atoms with Gasteiger partial charge < -0.3 is 15.0 Å². The zero-order valence-corrected chi connectivity index (χ0v) is 13.0. The van der Waals surface area contributed by atoms with Crippen LogP contribution in [0.1, 0.15) is 38.5 Å². The van der Waals surface area contributed by atoms with Gasteiger partial charge in [0.05, 0.1) is 12.7 Å². The lowest BCUT2D eigenvalue weighted by molar-refractivity contribution is 0.0587. The van der Waals surface area contributed by atoms with E-state index in [0.717, 1.165) is 26.2 Å². The third-order valence-corrected chi connectivity index (χ3v) is 4.81. The zero-order valence-electron chi connectivity index (χ0n) is 13.0. The van der Waals surface area contributed by atoms with Gasteiger partial charge in [0, 0.05) is 31.4 Å². The van der Waals surface area contributed by atoms with E-state index in [1.54, 1.807) is 0 Å². The van der Waals surface area contributed by atoms with Crippen molar-refractivity contribution in [1.82, 2.24) is 5.32 Å². The Labute approximate surface area is 128 Å². The third-order valence-electron chi connectivity index (χ3n) is 4.81. The molecule has 1 aliphatic carbocycles. The molecule has 0 atom stereocenters. The average Bonchev–Trinajstić information content (AvgIpc) is 3.06. The number of rotatable bonds is 6. The fourth-order valence-corrected chi connectivity index (χ4v) is 3.52. The first kappa shape index (κ1) is 14.9. The molecule has 0 unspecified atom stereocenters. The number of hydrogen-bond acceptors (Lipinski definition) is 3. The molecule has 21 heavy (non-hydrogen) atoms. The molecular weight excluding hydrogens is 260 g/mol. The van der Waals surface area contributed by atoms with Crippen molar-refractivity contribution in [3.05, 3.63) is 30.3 Å². The molecule has 0 amide bonds. The molecule has 1 saturated heterocycles. The molecule has 0 aromatic heterocycles. The van der Waals surface area contributed by atoms with Crippen LogP contribution in [0.3, 0.4) is 0 Å². The molecule has 1 aromatic carbocycles. The molecule has 0 radical (unpaired) electrons. The van der Waals surface area contributed by atoms with Gasteiger partial charge in [0.15, 0.2) is 0 Å². The number of nitrogens with zero attached hydrogens (tertiary/aromatic N) is 1. The van der Waals surface area contributed by atoms with Gasteiger partial charge in [-0.25, -0.2) is 0 Å². The summed E-state index contributed by atoms with van der Waals surface area (Å²) >= 11 is 0. The van der Waals surface area contributed by atoms with E-state index in [0.29, 0.717) is 12.1 Å². The number of para-hydroxylation sites is 1. The van der Waals surface area contributed by atoms with Gasteiger partial charge in [-0.2, -0.15) is 0 Å². The lowest BCUT2D eigenvalue weighted by Gasteiger charge is -2.34. The molecule has 2 fully saturated rings. The highest BCUT2D eigenvalue weighted by Crippen LogP contribution is 2.21. The maximum Gasteiger partial charge on any atom is 0.0594 e. The van der Waals surface area contributed by atoms with Gasteiger partial charge in [0.25, 0.3) is 0 Å². The Morgan fingerprint density at radius 1 is 1.00 bits per heavy atom. The molecule has 2 aliphatic rings. The minimum Gasteiger partial charge on any atom is -0.377 e. The lowest BCUT2D eigenvalue weighted by Crippen LogP contribution is -2.43. The summed E-state index contributed by atoms with van der Waals surface area (Å²) < 4.78 is 5.91. The molecule has 3 rings (SSSR count). The molecular formula is C18H28N2O. The predicted octanol–water partition coefficient (Wildman–Crippen LogP) is 3.20. The van der Waals surface area contributed by atoms with Crippen molar-refractivity contribution in [3.8, 4) is 0 Å². The van der Waals surface area contributed by atoms with Crippen LogP contribution >= 0.6 is 0 Å². The van der Waals surface area contributed by atoms with Crippen molar-refractivity contribution in [1.29, 1.82) is 0 Å². The molecule has 116 valence electrons. The molecule has 3 nitrogen and oxygen atoms in total. The molecule has 3 heteroatoms. The van der Waals surface area contributed by atoms with E-state index in [-0.39, 0.29) is 0 Å². The summed E-state index contributed by atoms with van der Waals surface area (Å²) in [5.74, 6) is 0. The van der Waals surface area contributed by atoms with Gasteiger partial charge in [-0.05, 0) is 37.8 Å². The fourth-order valence-electron chi connectivity index (χ4n) is 3.52. The third kappa shape index (κ3) is 4.45. The van der Waals surface area contributed by atoms with Gasteiger partial charge in [-0.3, -0.25) is 0 Å². The number of benzene rings is 1. The van der Waals surface area contributed by atoms with Gasteiger partial charge in [-0.15, -0.1) is 0 Å². The Kier molecular flexibility index (Phi) is 5.53. The van der Waals surface area contributed by atoms with Crippen molar-refractivity contribution >= 4 is 5.69 Å². The first-order chi connectivity index (χ1) is 10.4. The summed E-state index contributed by atoms with van der Waals surface area (Å²) in [4.78, 5) is 2.49. The van der Waals surface area contributed by atoms with E-state index in [1.165, 1.54) is 44.2 Å². The molecule has 0 spiro atoms. The van der Waals surface area contributed by atoms with E-state index in [2.05, 4.69) is 40.5 Å². The zero-order chi connectivity index (χ0) is 14.3. The topological polar surface area (TPSA) is 24.5 Å². The molecule has 1 aliphatic heterocycles. The van der Waals surface area contributed by atoms with Crippen molar-refractivity contribution in [2.75, 3.05) is 31.1 Å². The van der Waals surface area contributed by atoms with E-state index in [9.17, 15) is 0 Å². The van der Waals surface area contributed by atoms with Crippen molar-refractivity contribution < 1.29 is 4.74 Å². The smallest absolute Gasteiger partial charge is 0.0594 e. The summed E-state index contributed by atoms with van der Waals surface area (Å²) in [7, 11) is 0. The maximum atomic E-state index is 5.91. The highest BCUT2D eigenvalue weighted by molar-refractivity contribution is 5.46. The largest absolute Gasteiger partial charge is 0.377 e. The normalized spacial score (nSPS) is 21.0. The fraction of sp³-hybridized carbons (Fsp3) is 0.667. The molecule has 1 N–H and O–H groups in total. The summed E-state index contributed by atoms with van der Waals surface area (Å²) in [6, 6.07) is 11.4. The first-order valence-electron chi connectivity index (χ1n) is 8.57. The quantitative estimate of drug-likeness (QED) is 0.814. The molecule has 1 heterocycles. The number of nitrogens with one attached hydrogen (secondary N) is 1. The van der Waals surface area contributed by atoms with Crippen LogP contribution < -0.4 is 10.2 Å². The van der Waals surface area contributed by atoms with E-state index in [1.807, 2.05) is 0 Å². The number of hydrogen-bond donors (Lipinski definition) is 1. The second-order valence-electron chi connectivity index (χ2n) is 6.33. The average molecular weight is 288 g/mol. The minimum atomic E-state index is 0.548. The highest BCUT2D eigenvalue weighted by Gasteiger charge is 2.19. The standard InChI is InChI=1S/C18H28N2O/c1-2-6-17(7-3-1)20-13-10-16(11-14-20)19-12-15-21-18-8-4-5-9-18/h1-3,6-7,16,18-19H,4-5,8-15H2. The van der Waals surface area contributed by atoms with Crippen LogP contribution in [0.4, 0.5) is 5.69 Å². The van der Waals surface area contributed by atoms with E-state index < -0.39 is 0 Å². The van der Waals surface area contributed by atoms with Crippen LogP contribution in [0, 0.1) is 0 Å². The Morgan fingerprint density at radius 3 is 2.43 bits per heavy atom. The second-order valence-corrected chi connectivity index (χ2v) is 6.33. The second kappa shape index (κ2) is 7.81. The first-order valence-corrected chi connectivity index (χ1v) is 8.57. The SMILES string of the molecule is c1ccc(N2CCC(NCCOC3CCCC3)CC2)cc1. The Bertz CT molecular complexity index is 395. The number of piperidine rings is 1. The minimum absolute atomic E-state index is 0.548. The van der Waals surface area contributed by atoms with E-state index in [4.69, 9.17) is 4.74 Å². The highest BCUT2D eigenvalue weighted by atomic mass is 16.5. The van der Waals surface area contributed by atoms with Crippen LogP contribution in [0.2, 0.25) is 0 Å². The summed E-state index contributed by atoms with van der Waals surface area (Å²) in [6.45, 7) is 4.20. The summed E-state index contributed by atoms with van der Waals surface area (Å²) in [5.41, 5.74) is 1.36. The van der Waals surface area contributed by atoms with Crippen LogP contribution in [-0.4, -0.2) is 38.4 Å². The van der Waals surface area contributed by atoms with Crippen LogP contribution in [-0.2, 0) is 4.74 Å². The van der Waals surface area contributed by atoms with Gasteiger partial charge in [0.2, 0.25) is 0 Å².